The van der Waals surface area contributed by atoms with Crippen molar-refractivity contribution in [1.29, 1.82) is 0 Å². The standard InChI is InChI=1S/C18H15BrFN3O2/c19-14-3-1-12(2-4-14)10-21-22-18(25)13-9-17(24)23(11-13)16-7-5-15(20)6-8-16/h1-8,10,13H,9,11H2,(H,22,25). The lowest BCUT2D eigenvalue weighted by atomic mass is 10.1. The molecular weight excluding hydrogens is 389 g/mol. The van der Waals surface area contributed by atoms with Crippen LogP contribution in [0.15, 0.2) is 58.1 Å². The molecule has 2 aromatic rings. The van der Waals surface area contributed by atoms with Crippen LogP contribution in [0, 0.1) is 11.7 Å². The number of benzene rings is 2. The maximum Gasteiger partial charge on any atom is 0.245 e. The quantitative estimate of drug-likeness (QED) is 0.629. The zero-order valence-corrected chi connectivity index (χ0v) is 14.7. The van der Waals surface area contributed by atoms with E-state index >= 15 is 0 Å². The summed E-state index contributed by atoms with van der Waals surface area (Å²) in [6, 6.07) is 13.1. The van der Waals surface area contributed by atoms with Gasteiger partial charge in [-0.1, -0.05) is 28.1 Å². The average Bonchev–Trinajstić information content (AvgIpc) is 2.99. The number of halogens is 2. The molecule has 1 N–H and O–H groups in total. The number of hydrogen-bond donors (Lipinski definition) is 1. The van der Waals surface area contributed by atoms with Crippen molar-refractivity contribution in [2.75, 3.05) is 11.4 Å². The Morgan fingerprint density at radius 3 is 2.56 bits per heavy atom. The summed E-state index contributed by atoms with van der Waals surface area (Å²) < 4.78 is 13.9. The van der Waals surface area contributed by atoms with Crippen molar-refractivity contribution < 1.29 is 14.0 Å². The molecule has 2 amide bonds. The van der Waals surface area contributed by atoms with Gasteiger partial charge in [-0.15, -0.1) is 0 Å². The SMILES string of the molecule is O=C(NN=Cc1ccc(Br)cc1)C1CC(=O)N(c2ccc(F)cc2)C1. The second kappa shape index (κ2) is 7.57. The molecule has 0 aromatic heterocycles. The van der Waals surface area contributed by atoms with Crippen molar-refractivity contribution in [3.05, 3.63) is 64.4 Å². The summed E-state index contributed by atoms with van der Waals surface area (Å²) >= 11 is 3.34. The summed E-state index contributed by atoms with van der Waals surface area (Å²) in [6.45, 7) is 0.254. The third-order valence-electron chi connectivity index (χ3n) is 3.89. The Balaban J connectivity index is 1.59. The minimum absolute atomic E-state index is 0.108. The summed E-state index contributed by atoms with van der Waals surface area (Å²) in [5, 5.41) is 3.93. The maximum absolute atomic E-state index is 13.0. The summed E-state index contributed by atoms with van der Waals surface area (Å²) in [6.07, 6.45) is 1.65. The van der Waals surface area contributed by atoms with Gasteiger partial charge >= 0.3 is 0 Å². The fourth-order valence-electron chi connectivity index (χ4n) is 2.56. The van der Waals surface area contributed by atoms with E-state index < -0.39 is 5.92 Å². The highest BCUT2D eigenvalue weighted by molar-refractivity contribution is 9.10. The lowest BCUT2D eigenvalue weighted by Crippen LogP contribution is -2.30. The number of hydrogen-bond acceptors (Lipinski definition) is 3. The zero-order valence-electron chi connectivity index (χ0n) is 13.2. The van der Waals surface area contributed by atoms with E-state index in [2.05, 4.69) is 26.5 Å². The van der Waals surface area contributed by atoms with Crippen LogP contribution in [-0.2, 0) is 9.59 Å². The van der Waals surface area contributed by atoms with Gasteiger partial charge in [0, 0.05) is 23.1 Å². The smallest absolute Gasteiger partial charge is 0.245 e. The number of carbonyl (C=O) groups excluding carboxylic acids is 2. The van der Waals surface area contributed by atoms with Crippen LogP contribution in [0.1, 0.15) is 12.0 Å². The van der Waals surface area contributed by atoms with Crippen molar-refractivity contribution in [3.63, 3.8) is 0 Å². The van der Waals surface area contributed by atoms with Crippen LogP contribution >= 0.6 is 15.9 Å². The number of nitrogens with zero attached hydrogens (tertiary/aromatic N) is 2. The highest BCUT2D eigenvalue weighted by Crippen LogP contribution is 2.25. The summed E-state index contributed by atoms with van der Waals surface area (Å²) in [5.74, 6) is -1.33. The highest BCUT2D eigenvalue weighted by atomic mass is 79.9. The van der Waals surface area contributed by atoms with E-state index in [4.69, 9.17) is 0 Å². The molecule has 0 bridgehead atoms. The van der Waals surface area contributed by atoms with Crippen LogP contribution in [0.5, 0.6) is 0 Å². The Labute approximate surface area is 152 Å². The van der Waals surface area contributed by atoms with Crippen LogP contribution < -0.4 is 10.3 Å². The van der Waals surface area contributed by atoms with E-state index in [-0.39, 0.29) is 30.6 Å². The molecule has 1 aliphatic heterocycles. The predicted molar refractivity (Wildman–Crippen MR) is 96.7 cm³/mol. The fraction of sp³-hybridized carbons (Fsp3) is 0.167. The Bertz CT molecular complexity index is 806. The Hall–Kier alpha value is -2.54. The summed E-state index contributed by atoms with van der Waals surface area (Å²) in [7, 11) is 0. The Kier molecular flexibility index (Phi) is 5.23. The van der Waals surface area contributed by atoms with E-state index in [9.17, 15) is 14.0 Å². The molecule has 1 fully saturated rings. The van der Waals surface area contributed by atoms with Crippen LogP contribution in [0.25, 0.3) is 0 Å². The van der Waals surface area contributed by atoms with Gasteiger partial charge in [-0.05, 0) is 42.0 Å². The first kappa shape index (κ1) is 17.3. The molecular formula is C18H15BrFN3O2. The van der Waals surface area contributed by atoms with Gasteiger partial charge in [-0.3, -0.25) is 9.59 Å². The van der Waals surface area contributed by atoms with Crippen molar-refractivity contribution in [3.8, 4) is 0 Å². The summed E-state index contributed by atoms with van der Waals surface area (Å²) in [5.41, 5.74) is 3.90. The van der Waals surface area contributed by atoms with E-state index in [1.807, 2.05) is 24.3 Å². The molecule has 0 spiro atoms. The second-order valence-corrected chi connectivity index (χ2v) is 6.58. The number of rotatable bonds is 4. The van der Waals surface area contributed by atoms with Crippen molar-refractivity contribution in [2.45, 2.75) is 6.42 Å². The topological polar surface area (TPSA) is 61.8 Å². The van der Waals surface area contributed by atoms with Crippen molar-refractivity contribution >= 4 is 39.6 Å². The second-order valence-electron chi connectivity index (χ2n) is 5.67. The molecule has 0 aliphatic carbocycles. The van der Waals surface area contributed by atoms with Gasteiger partial charge in [-0.2, -0.15) is 5.10 Å². The molecule has 1 unspecified atom stereocenters. The van der Waals surface area contributed by atoms with Gasteiger partial charge in [0.25, 0.3) is 0 Å². The first-order valence-electron chi connectivity index (χ1n) is 7.67. The molecule has 5 nitrogen and oxygen atoms in total. The molecule has 2 aromatic carbocycles. The minimum Gasteiger partial charge on any atom is -0.312 e. The van der Waals surface area contributed by atoms with E-state index in [1.54, 1.807) is 6.21 Å². The first-order valence-corrected chi connectivity index (χ1v) is 8.46. The molecule has 1 heterocycles. The zero-order chi connectivity index (χ0) is 17.8. The van der Waals surface area contributed by atoms with Crippen molar-refractivity contribution in [2.24, 2.45) is 11.0 Å². The molecule has 1 aliphatic rings. The lowest BCUT2D eigenvalue weighted by Gasteiger charge is -2.16. The Morgan fingerprint density at radius 2 is 1.88 bits per heavy atom. The van der Waals surface area contributed by atoms with E-state index in [0.29, 0.717) is 5.69 Å². The van der Waals surface area contributed by atoms with Gasteiger partial charge < -0.3 is 4.90 Å². The number of anilines is 1. The molecule has 0 saturated carbocycles. The molecule has 1 atom stereocenters. The van der Waals surface area contributed by atoms with Gasteiger partial charge in [0.2, 0.25) is 11.8 Å². The van der Waals surface area contributed by atoms with E-state index in [0.717, 1.165) is 10.0 Å². The van der Waals surface area contributed by atoms with Crippen LogP contribution in [-0.4, -0.2) is 24.6 Å². The first-order chi connectivity index (χ1) is 12.0. The monoisotopic (exact) mass is 403 g/mol. The number of amides is 2. The normalized spacial score (nSPS) is 17.3. The number of carbonyl (C=O) groups is 2. The molecule has 1 saturated heterocycles. The van der Waals surface area contributed by atoms with Crippen LogP contribution in [0.3, 0.4) is 0 Å². The fourth-order valence-corrected chi connectivity index (χ4v) is 2.83. The van der Waals surface area contributed by atoms with Crippen molar-refractivity contribution in [1.82, 2.24) is 5.43 Å². The number of hydrazone groups is 1. The Morgan fingerprint density at radius 1 is 1.20 bits per heavy atom. The lowest BCUT2D eigenvalue weighted by molar-refractivity contribution is -0.126. The minimum atomic E-state index is -0.486. The van der Waals surface area contributed by atoms with Crippen LogP contribution in [0.2, 0.25) is 0 Å². The van der Waals surface area contributed by atoms with Gasteiger partial charge in [0.15, 0.2) is 0 Å². The molecule has 7 heteroatoms. The average molecular weight is 404 g/mol. The molecule has 3 rings (SSSR count). The largest absolute Gasteiger partial charge is 0.312 e. The van der Waals surface area contributed by atoms with Gasteiger partial charge in [0.05, 0.1) is 12.1 Å². The van der Waals surface area contributed by atoms with Gasteiger partial charge in [0.1, 0.15) is 5.82 Å². The van der Waals surface area contributed by atoms with Gasteiger partial charge in [-0.25, -0.2) is 9.82 Å². The molecule has 0 radical (unpaired) electrons. The third-order valence-corrected chi connectivity index (χ3v) is 4.42. The maximum atomic E-state index is 13.0. The molecule has 128 valence electrons. The number of nitrogens with one attached hydrogen (secondary N) is 1. The highest BCUT2D eigenvalue weighted by Gasteiger charge is 2.35. The summed E-state index contributed by atoms with van der Waals surface area (Å²) in [4.78, 5) is 25.8. The third kappa shape index (κ3) is 4.30. The van der Waals surface area contributed by atoms with Crippen LogP contribution in [0.4, 0.5) is 10.1 Å². The van der Waals surface area contributed by atoms with E-state index in [1.165, 1.54) is 29.2 Å². The predicted octanol–water partition coefficient (Wildman–Crippen LogP) is 3.09. The molecule has 25 heavy (non-hydrogen) atoms.